The first-order chi connectivity index (χ1) is 7.63. The van der Waals surface area contributed by atoms with Crippen LogP contribution >= 0.6 is 0 Å². The van der Waals surface area contributed by atoms with Crippen LogP contribution in [0.5, 0.6) is 5.75 Å². The molecule has 0 aliphatic carbocycles. The number of methoxy groups -OCH3 is 1. The number of benzene rings is 1. The standard InChI is InChI=1S/C13H16O3/c1-10(5-3-8-13(15)16-2)11-6-4-7-12(14)9-11/h4-7,9,14H,3,8H2,1-2H3/b10-5-. The van der Waals surface area contributed by atoms with Crippen LogP contribution < -0.4 is 0 Å². The highest BCUT2D eigenvalue weighted by molar-refractivity contribution is 5.70. The Morgan fingerprint density at radius 1 is 1.50 bits per heavy atom. The summed E-state index contributed by atoms with van der Waals surface area (Å²) < 4.78 is 4.55. The normalized spacial score (nSPS) is 11.2. The Hall–Kier alpha value is -1.77. The lowest BCUT2D eigenvalue weighted by Gasteiger charge is -2.02. The third kappa shape index (κ3) is 3.77. The summed E-state index contributed by atoms with van der Waals surface area (Å²) in [6, 6.07) is 7.04. The second-order valence-corrected chi connectivity index (χ2v) is 3.55. The van der Waals surface area contributed by atoms with Crippen molar-refractivity contribution in [2.45, 2.75) is 19.8 Å². The minimum absolute atomic E-state index is 0.208. The Labute approximate surface area is 95.4 Å². The number of phenolic OH excluding ortho intramolecular Hbond substituents is 1. The molecule has 3 nitrogen and oxygen atoms in total. The number of rotatable bonds is 4. The Balaban J connectivity index is 2.60. The van der Waals surface area contributed by atoms with Crippen LogP contribution in [0, 0.1) is 0 Å². The zero-order valence-electron chi connectivity index (χ0n) is 9.56. The summed E-state index contributed by atoms with van der Waals surface area (Å²) in [4.78, 5) is 10.9. The maximum Gasteiger partial charge on any atom is 0.305 e. The number of hydrogen-bond donors (Lipinski definition) is 1. The Bertz CT molecular complexity index is 394. The van der Waals surface area contributed by atoms with E-state index in [-0.39, 0.29) is 11.7 Å². The van der Waals surface area contributed by atoms with Crippen LogP contribution in [-0.2, 0) is 9.53 Å². The van der Waals surface area contributed by atoms with E-state index in [1.807, 2.05) is 19.1 Å². The summed E-state index contributed by atoms with van der Waals surface area (Å²) in [6.45, 7) is 1.95. The van der Waals surface area contributed by atoms with Crippen LogP contribution in [0.25, 0.3) is 5.57 Å². The van der Waals surface area contributed by atoms with Gasteiger partial charge in [-0.3, -0.25) is 4.79 Å². The van der Waals surface area contributed by atoms with Crippen LogP contribution in [-0.4, -0.2) is 18.2 Å². The average Bonchev–Trinajstić information content (AvgIpc) is 2.28. The van der Waals surface area contributed by atoms with Gasteiger partial charge in [0.2, 0.25) is 0 Å². The minimum atomic E-state index is -0.208. The highest BCUT2D eigenvalue weighted by Crippen LogP contribution is 2.19. The highest BCUT2D eigenvalue weighted by Gasteiger charge is 1.99. The van der Waals surface area contributed by atoms with Gasteiger partial charge >= 0.3 is 5.97 Å². The van der Waals surface area contributed by atoms with Crippen LogP contribution in [0.1, 0.15) is 25.3 Å². The van der Waals surface area contributed by atoms with Crippen molar-refractivity contribution in [2.75, 3.05) is 7.11 Å². The van der Waals surface area contributed by atoms with Crippen molar-refractivity contribution < 1.29 is 14.6 Å². The van der Waals surface area contributed by atoms with Crippen molar-refractivity contribution in [1.82, 2.24) is 0 Å². The molecule has 0 spiro atoms. The first-order valence-corrected chi connectivity index (χ1v) is 5.16. The third-order valence-corrected chi connectivity index (χ3v) is 2.33. The molecule has 0 saturated carbocycles. The van der Waals surface area contributed by atoms with Gasteiger partial charge in [-0.1, -0.05) is 18.2 Å². The Morgan fingerprint density at radius 2 is 2.25 bits per heavy atom. The Kier molecular flexibility index (Phi) is 4.58. The van der Waals surface area contributed by atoms with Crippen molar-refractivity contribution in [3.05, 3.63) is 35.9 Å². The van der Waals surface area contributed by atoms with Crippen molar-refractivity contribution in [1.29, 1.82) is 0 Å². The van der Waals surface area contributed by atoms with Gasteiger partial charge < -0.3 is 9.84 Å². The zero-order valence-corrected chi connectivity index (χ0v) is 9.56. The summed E-state index contributed by atoms with van der Waals surface area (Å²) in [5, 5.41) is 9.31. The molecule has 0 aliphatic heterocycles. The quantitative estimate of drug-likeness (QED) is 0.793. The van der Waals surface area contributed by atoms with Crippen molar-refractivity contribution in [3.63, 3.8) is 0 Å². The predicted molar refractivity (Wildman–Crippen MR) is 63.0 cm³/mol. The molecule has 3 heteroatoms. The number of phenols is 1. The molecule has 1 aromatic carbocycles. The van der Waals surface area contributed by atoms with Crippen LogP contribution in [0.4, 0.5) is 0 Å². The smallest absolute Gasteiger partial charge is 0.305 e. The van der Waals surface area contributed by atoms with Crippen molar-refractivity contribution in [2.24, 2.45) is 0 Å². The molecule has 0 aromatic heterocycles. The van der Waals surface area contributed by atoms with Gasteiger partial charge in [-0.2, -0.15) is 0 Å². The monoisotopic (exact) mass is 220 g/mol. The lowest BCUT2D eigenvalue weighted by atomic mass is 10.1. The fourth-order valence-corrected chi connectivity index (χ4v) is 1.38. The molecule has 0 unspecified atom stereocenters. The van der Waals surface area contributed by atoms with E-state index in [9.17, 15) is 9.90 Å². The van der Waals surface area contributed by atoms with E-state index in [1.54, 1.807) is 18.2 Å². The van der Waals surface area contributed by atoms with Gasteiger partial charge in [0.1, 0.15) is 5.75 Å². The zero-order chi connectivity index (χ0) is 12.0. The largest absolute Gasteiger partial charge is 0.508 e. The molecule has 0 bridgehead atoms. The molecule has 0 fully saturated rings. The number of carbonyl (C=O) groups excluding carboxylic acids is 1. The number of allylic oxidation sites excluding steroid dienone is 2. The van der Waals surface area contributed by atoms with Gasteiger partial charge in [0.15, 0.2) is 0 Å². The molecule has 16 heavy (non-hydrogen) atoms. The predicted octanol–water partition coefficient (Wildman–Crippen LogP) is 2.75. The van der Waals surface area contributed by atoms with Gasteiger partial charge in [0.05, 0.1) is 7.11 Å². The molecular formula is C13H16O3. The number of aromatic hydroxyl groups is 1. The summed E-state index contributed by atoms with van der Waals surface area (Å²) in [5.41, 5.74) is 2.00. The lowest BCUT2D eigenvalue weighted by molar-refractivity contribution is -0.140. The molecule has 0 saturated heterocycles. The van der Waals surface area contributed by atoms with Gasteiger partial charge in [-0.05, 0) is 36.6 Å². The first kappa shape index (κ1) is 12.3. The molecule has 0 amide bonds. The highest BCUT2D eigenvalue weighted by atomic mass is 16.5. The van der Waals surface area contributed by atoms with Crippen LogP contribution in [0.2, 0.25) is 0 Å². The lowest BCUT2D eigenvalue weighted by Crippen LogP contribution is -1.98. The second-order valence-electron chi connectivity index (χ2n) is 3.55. The summed E-state index contributed by atoms with van der Waals surface area (Å²) in [6.07, 6.45) is 2.99. The molecule has 86 valence electrons. The third-order valence-electron chi connectivity index (χ3n) is 2.33. The van der Waals surface area contributed by atoms with Gasteiger partial charge in [-0.15, -0.1) is 0 Å². The van der Waals surface area contributed by atoms with E-state index < -0.39 is 0 Å². The fourth-order valence-electron chi connectivity index (χ4n) is 1.38. The molecule has 1 aromatic rings. The van der Waals surface area contributed by atoms with E-state index in [4.69, 9.17) is 0 Å². The summed E-state index contributed by atoms with van der Waals surface area (Å²) in [7, 11) is 1.38. The first-order valence-electron chi connectivity index (χ1n) is 5.16. The summed E-state index contributed by atoms with van der Waals surface area (Å²) >= 11 is 0. The van der Waals surface area contributed by atoms with Crippen LogP contribution in [0.3, 0.4) is 0 Å². The van der Waals surface area contributed by atoms with Gasteiger partial charge in [-0.25, -0.2) is 0 Å². The molecule has 1 N–H and O–H groups in total. The molecule has 0 heterocycles. The van der Waals surface area contributed by atoms with Gasteiger partial charge in [0.25, 0.3) is 0 Å². The van der Waals surface area contributed by atoms with Crippen LogP contribution in [0.15, 0.2) is 30.3 Å². The van der Waals surface area contributed by atoms with E-state index in [2.05, 4.69) is 4.74 Å². The molecular weight excluding hydrogens is 204 g/mol. The number of ether oxygens (including phenoxy) is 1. The maximum atomic E-state index is 10.9. The minimum Gasteiger partial charge on any atom is -0.508 e. The molecule has 1 rings (SSSR count). The topological polar surface area (TPSA) is 46.5 Å². The van der Waals surface area contributed by atoms with E-state index in [0.29, 0.717) is 12.8 Å². The van der Waals surface area contributed by atoms with Gasteiger partial charge in [0, 0.05) is 6.42 Å². The van der Waals surface area contributed by atoms with Crippen molar-refractivity contribution in [3.8, 4) is 5.75 Å². The van der Waals surface area contributed by atoms with Crippen molar-refractivity contribution >= 4 is 11.5 Å². The summed E-state index contributed by atoms with van der Waals surface area (Å²) in [5.74, 6) is 0.0400. The average molecular weight is 220 g/mol. The molecule has 0 aliphatic rings. The SMILES string of the molecule is COC(=O)CC/C=C(/C)c1cccc(O)c1. The molecule has 0 radical (unpaired) electrons. The number of carbonyl (C=O) groups is 1. The number of esters is 1. The number of hydrogen-bond acceptors (Lipinski definition) is 3. The van der Waals surface area contributed by atoms with E-state index in [0.717, 1.165) is 11.1 Å². The molecule has 0 atom stereocenters. The maximum absolute atomic E-state index is 10.9. The fraction of sp³-hybridized carbons (Fsp3) is 0.308. The van der Waals surface area contributed by atoms with E-state index in [1.165, 1.54) is 7.11 Å². The second kappa shape index (κ2) is 5.95. The Morgan fingerprint density at radius 3 is 2.88 bits per heavy atom. The van der Waals surface area contributed by atoms with E-state index >= 15 is 0 Å².